The van der Waals surface area contributed by atoms with Crippen LogP contribution in [0.3, 0.4) is 0 Å². The Morgan fingerprint density at radius 3 is 2.57 bits per heavy atom. The molecular formula is C11H14NO2. The summed E-state index contributed by atoms with van der Waals surface area (Å²) >= 11 is 0. The molecule has 0 atom stereocenters. The molecule has 1 amide bonds. The molecule has 14 heavy (non-hydrogen) atoms. The summed E-state index contributed by atoms with van der Waals surface area (Å²) < 4.78 is 4.90. The zero-order valence-electron chi connectivity index (χ0n) is 8.27. The summed E-state index contributed by atoms with van der Waals surface area (Å²) in [6.07, 6.45) is -0.353. The van der Waals surface area contributed by atoms with Crippen LogP contribution in [0.2, 0.25) is 0 Å². The van der Waals surface area contributed by atoms with Gasteiger partial charge in [0.15, 0.2) is 0 Å². The number of hydrogen-bond acceptors (Lipinski definition) is 2. The molecule has 1 radical (unpaired) electrons. The SMILES string of the molecule is [CH2]CN(C(=O)OCC)c1ccccc1. The fourth-order valence-electron chi connectivity index (χ4n) is 1.14. The van der Waals surface area contributed by atoms with Crippen LogP contribution in [0, 0.1) is 6.92 Å². The summed E-state index contributed by atoms with van der Waals surface area (Å²) in [5.74, 6) is 0. The van der Waals surface area contributed by atoms with E-state index in [0.717, 1.165) is 5.69 Å². The van der Waals surface area contributed by atoms with Crippen LogP contribution in [0.5, 0.6) is 0 Å². The number of benzene rings is 1. The van der Waals surface area contributed by atoms with Crippen LogP contribution in [0.1, 0.15) is 6.92 Å². The van der Waals surface area contributed by atoms with E-state index < -0.39 is 0 Å². The van der Waals surface area contributed by atoms with E-state index in [2.05, 4.69) is 6.92 Å². The van der Waals surface area contributed by atoms with Crippen molar-refractivity contribution in [3.63, 3.8) is 0 Å². The molecule has 0 aliphatic heterocycles. The molecule has 0 bridgehead atoms. The Labute approximate surface area is 84.3 Å². The van der Waals surface area contributed by atoms with Gasteiger partial charge in [-0.25, -0.2) is 4.79 Å². The Morgan fingerprint density at radius 1 is 1.43 bits per heavy atom. The molecule has 1 aromatic rings. The highest BCUT2D eigenvalue weighted by molar-refractivity contribution is 5.87. The summed E-state index contributed by atoms with van der Waals surface area (Å²) in [6, 6.07) is 9.34. The van der Waals surface area contributed by atoms with Crippen LogP contribution >= 0.6 is 0 Å². The monoisotopic (exact) mass is 192 g/mol. The van der Waals surface area contributed by atoms with Gasteiger partial charge in [0.05, 0.1) is 6.61 Å². The molecule has 0 aliphatic rings. The van der Waals surface area contributed by atoms with Gasteiger partial charge < -0.3 is 4.74 Å². The van der Waals surface area contributed by atoms with E-state index in [1.54, 1.807) is 6.92 Å². The molecule has 0 fully saturated rings. The van der Waals surface area contributed by atoms with E-state index in [4.69, 9.17) is 4.74 Å². The third-order valence-electron chi connectivity index (χ3n) is 1.78. The fraction of sp³-hybridized carbons (Fsp3) is 0.273. The largest absolute Gasteiger partial charge is 0.449 e. The molecule has 75 valence electrons. The lowest BCUT2D eigenvalue weighted by molar-refractivity contribution is 0.160. The number of carbonyl (C=O) groups excluding carboxylic acids is 1. The van der Waals surface area contributed by atoms with Crippen LogP contribution in [0.4, 0.5) is 10.5 Å². The third-order valence-corrected chi connectivity index (χ3v) is 1.78. The number of carbonyl (C=O) groups is 1. The molecule has 3 nitrogen and oxygen atoms in total. The fourth-order valence-corrected chi connectivity index (χ4v) is 1.14. The maximum atomic E-state index is 11.4. The summed E-state index contributed by atoms with van der Waals surface area (Å²) in [5.41, 5.74) is 0.806. The molecule has 0 saturated carbocycles. The Morgan fingerprint density at radius 2 is 2.07 bits per heavy atom. The van der Waals surface area contributed by atoms with Crippen molar-refractivity contribution in [1.82, 2.24) is 0 Å². The summed E-state index contributed by atoms with van der Waals surface area (Å²) in [6.45, 7) is 6.21. The predicted octanol–water partition coefficient (Wildman–Crippen LogP) is 2.48. The molecule has 0 aromatic heterocycles. The average molecular weight is 192 g/mol. The first-order valence-corrected chi connectivity index (χ1v) is 4.58. The van der Waals surface area contributed by atoms with Crippen molar-refractivity contribution in [2.45, 2.75) is 6.92 Å². The second-order valence-corrected chi connectivity index (χ2v) is 2.69. The first-order chi connectivity index (χ1) is 6.79. The van der Waals surface area contributed by atoms with Gasteiger partial charge in [-0.15, -0.1) is 0 Å². The maximum absolute atomic E-state index is 11.4. The van der Waals surface area contributed by atoms with Gasteiger partial charge in [0, 0.05) is 12.2 Å². The molecule has 0 aliphatic carbocycles. The van der Waals surface area contributed by atoms with E-state index in [9.17, 15) is 4.79 Å². The van der Waals surface area contributed by atoms with Crippen LogP contribution in [0.25, 0.3) is 0 Å². The number of anilines is 1. The van der Waals surface area contributed by atoms with Crippen molar-refractivity contribution in [3.8, 4) is 0 Å². The van der Waals surface area contributed by atoms with Gasteiger partial charge in [-0.2, -0.15) is 0 Å². The van der Waals surface area contributed by atoms with E-state index in [-0.39, 0.29) is 6.09 Å². The molecule has 0 unspecified atom stereocenters. The number of rotatable bonds is 3. The van der Waals surface area contributed by atoms with Crippen molar-refractivity contribution < 1.29 is 9.53 Å². The van der Waals surface area contributed by atoms with E-state index in [1.165, 1.54) is 4.90 Å². The van der Waals surface area contributed by atoms with Crippen molar-refractivity contribution in [2.75, 3.05) is 18.1 Å². The van der Waals surface area contributed by atoms with Gasteiger partial charge in [0.25, 0.3) is 0 Å². The zero-order chi connectivity index (χ0) is 10.4. The lowest BCUT2D eigenvalue weighted by Gasteiger charge is -2.19. The van der Waals surface area contributed by atoms with E-state index in [1.807, 2.05) is 30.3 Å². The number of amides is 1. The van der Waals surface area contributed by atoms with Gasteiger partial charge >= 0.3 is 6.09 Å². The molecule has 0 N–H and O–H groups in total. The Hall–Kier alpha value is -1.51. The van der Waals surface area contributed by atoms with Crippen LogP contribution < -0.4 is 4.90 Å². The van der Waals surface area contributed by atoms with Crippen LogP contribution in [-0.2, 0) is 4.74 Å². The van der Waals surface area contributed by atoms with Gasteiger partial charge in [-0.3, -0.25) is 4.90 Å². The molecule has 3 heteroatoms. The molecule has 0 heterocycles. The lowest BCUT2D eigenvalue weighted by Crippen LogP contribution is -2.31. The normalized spacial score (nSPS) is 9.57. The second-order valence-electron chi connectivity index (χ2n) is 2.69. The summed E-state index contributed by atoms with van der Waals surface area (Å²) in [4.78, 5) is 12.9. The summed E-state index contributed by atoms with van der Waals surface area (Å²) in [7, 11) is 0. The van der Waals surface area contributed by atoms with Crippen molar-refractivity contribution in [2.24, 2.45) is 0 Å². The standard InChI is InChI=1S/C11H14NO2/c1-3-12(11(13)14-4-2)10-8-6-5-7-9-10/h5-9H,1,3-4H2,2H3. The first kappa shape index (κ1) is 10.6. The van der Waals surface area contributed by atoms with E-state index >= 15 is 0 Å². The van der Waals surface area contributed by atoms with Crippen molar-refractivity contribution in [3.05, 3.63) is 37.3 Å². The molecule has 0 saturated heterocycles. The van der Waals surface area contributed by atoms with Crippen molar-refractivity contribution >= 4 is 11.8 Å². The maximum Gasteiger partial charge on any atom is 0.414 e. The second kappa shape index (κ2) is 5.27. The smallest absolute Gasteiger partial charge is 0.414 e. The number of para-hydroxylation sites is 1. The minimum absolute atomic E-state index is 0.353. The lowest BCUT2D eigenvalue weighted by atomic mass is 10.3. The van der Waals surface area contributed by atoms with Gasteiger partial charge in [-0.05, 0) is 26.0 Å². The van der Waals surface area contributed by atoms with Gasteiger partial charge in [0.1, 0.15) is 0 Å². The first-order valence-electron chi connectivity index (χ1n) is 4.58. The van der Waals surface area contributed by atoms with Crippen LogP contribution in [-0.4, -0.2) is 19.2 Å². The zero-order valence-corrected chi connectivity index (χ0v) is 8.27. The van der Waals surface area contributed by atoms with Gasteiger partial charge in [0.2, 0.25) is 0 Å². The van der Waals surface area contributed by atoms with Gasteiger partial charge in [-0.1, -0.05) is 18.2 Å². The highest BCUT2D eigenvalue weighted by atomic mass is 16.6. The topological polar surface area (TPSA) is 29.5 Å². The summed E-state index contributed by atoms with van der Waals surface area (Å²) in [5, 5.41) is 0. The van der Waals surface area contributed by atoms with E-state index in [0.29, 0.717) is 13.2 Å². The highest BCUT2D eigenvalue weighted by Gasteiger charge is 2.13. The van der Waals surface area contributed by atoms with Crippen molar-refractivity contribution in [1.29, 1.82) is 0 Å². The predicted molar refractivity (Wildman–Crippen MR) is 56.2 cm³/mol. The number of hydrogen-bond donors (Lipinski definition) is 0. The minimum Gasteiger partial charge on any atom is -0.449 e. The average Bonchev–Trinajstić information content (AvgIpc) is 2.21. The molecular weight excluding hydrogens is 178 g/mol. The highest BCUT2D eigenvalue weighted by Crippen LogP contribution is 2.13. The Kier molecular flexibility index (Phi) is 3.98. The number of nitrogens with zero attached hydrogens (tertiary/aromatic N) is 1. The molecule has 1 rings (SSSR count). The van der Waals surface area contributed by atoms with Crippen LogP contribution in [0.15, 0.2) is 30.3 Å². The Bertz CT molecular complexity index is 285. The number of ether oxygens (including phenoxy) is 1. The minimum atomic E-state index is -0.353. The Balaban J connectivity index is 2.77. The third kappa shape index (κ3) is 2.49. The molecule has 0 spiro atoms. The quantitative estimate of drug-likeness (QED) is 0.736. The molecule has 1 aromatic carbocycles.